The predicted molar refractivity (Wildman–Crippen MR) is 78.0 cm³/mol. The van der Waals surface area contributed by atoms with E-state index >= 15 is 0 Å². The second kappa shape index (κ2) is 4.61. The minimum atomic E-state index is -0.0206. The van der Waals surface area contributed by atoms with Crippen LogP contribution in [-0.4, -0.2) is 16.9 Å². The van der Waals surface area contributed by atoms with Gasteiger partial charge in [-0.3, -0.25) is 0 Å². The van der Waals surface area contributed by atoms with E-state index in [9.17, 15) is 0 Å². The molecule has 0 spiro atoms. The third-order valence-electron chi connectivity index (χ3n) is 3.02. The summed E-state index contributed by atoms with van der Waals surface area (Å²) >= 11 is 0. The quantitative estimate of drug-likeness (QED) is 0.901. The van der Waals surface area contributed by atoms with Crippen LogP contribution in [0, 0.1) is 6.92 Å². The van der Waals surface area contributed by atoms with Crippen LogP contribution in [0.25, 0.3) is 5.69 Å². The summed E-state index contributed by atoms with van der Waals surface area (Å²) in [5.41, 5.74) is 9.06. The van der Waals surface area contributed by atoms with Crippen LogP contribution >= 0.6 is 0 Å². The van der Waals surface area contributed by atoms with Gasteiger partial charge in [-0.15, -0.1) is 0 Å². The fraction of sp³-hybridized carbons (Fsp3) is 0.400. The third-order valence-corrected chi connectivity index (χ3v) is 3.02. The molecule has 1 heterocycles. The lowest BCUT2D eigenvalue weighted by atomic mass is 9.92. The van der Waals surface area contributed by atoms with Crippen molar-refractivity contribution in [2.75, 3.05) is 12.8 Å². The summed E-state index contributed by atoms with van der Waals surface area (Å²) in [6, 6.07) is 7.88. The van der Waals surface area contributed by atoms with Crippen molar-refractivity contribution >= 4 is 5.82 Å². The molecular formula is C15H21N3O. The molecule has 0 saturated heterocycles. The molecule has 1 aromatic carbocycles. The molecule has 0 radical (unpaired) electrons. The average molecular weight is 259 g/mol. The first-order chi connectivity index (χ1) is 8.81. The number of hydrogen-bond donors (Lipinski definition) is 1. The highest BCUT2D eigenvalue weighted by atomic mass is 16.5. The zero-order chi connectivity index (χ0) is 14.2. The number of methoxy groups -OCH3 is 1. The minimum Gasteiger partial charge on any atom is -0.497 e. The van der Waals surface area contributed by atoms with Gasteiger partial charge in [-0.25, -0.2) is 4.68 Å². The lowest BCUT2D eigenvalue weighted by Crippen LogP contribution is -2.12. The van der Waals surface area contributed by atoms with Crippen molar-refractivity contribution in [1.82, 2.24) is 9.78 Å². The Morgan fingerprint density at radius 1 is 1.16 bits per heavy atom. The third kappa shape index (κ3) is 2.72. The van der Waals surface area contributed by atoms with E-state index < -0.39 is 0 Å². The van der Waals surface area contributed by atoms with Gasteiger partial charge in [-0.1, -0.05) is 20.8 Å². The molecule has 4 nitrogen and oxygen atoms in total. The zero-order valence-electron chi connectivity index (χ0n) is 12.2. The lowest BCUT2D eigenvalue weighted by molar-refractivity contribution is 0.414. The maximum atomic E-state index is 6.07. The highest BCUT2D eigenvalue weighted by Gasteiger charge is 2.19. The van der Waals surface area contributed by atoms with Crippen molar-refractivity contribution in [1.29, 1.82) is 0 Å². The molecule has 0 aliphatic carbocycles. The van der Waals surface area contributed by atoms with Crippen LogP contribution in [0.3, 0.4) is 0 Å². The molecule has 0 fully saturated rings. The van der Waals surface area contributed by atoms with E-state index in [1.54, 1.807) is 11.8 Å². The Morgan fingerprint density at radius 2 is 1.84 bits per heavy atom. The minimum absolute atomic E-state index is 0.0206. The van der Waals surface area contributed by atoms with Crippen LogP contribution in [0.2, 0.25) is 0 Å². The molecule has 0 saturated carbocycles. The van der Waals surface area contributed by atoms with Gasteiger partial charge in [0.25, 0.3) is 0 Å². The number of ether oxygens (including phenoxy) is 1. The molecule has 2 N–H and O–H groups in total. The maximum Gasteiger partial charge on any atom is 0.127 e. The Balaban J connectivity index is 2.53. The zero-order valence-corrected chi connectivity index (χ0v) is 12.2. The summed E-state index contributed by atoms with van der Waals surface area (Å²) in [5, 5.41) is 4.60. The SMILES string of the molecule is COc1cc(C)cc(-n2nc(C(C)(C)C)cc2N)c1. The molecule has 102 valence electrons. The van der Waals surface area contributed by atoms with Gasteiger partial charge < -0.3 is 10.5 Å². The van der Waals surface area contributed by atoms with E-state index in [0.717, 1.165) is 22.7 Å². The maximum absolute atomic E-state index is 6.07. The Bertz CT molecular complexity index is 594. The molecule has 0 aliphatic rings. The smallest absolute Gasteiger partial charge is 0.127 e. The molecule has 19 heavy (non-hydrogen) atoms. The molecule has 0 amide bonds. The van der Waals surface area contributed by atoms with Gasteiger partial charge in [-0.2, -0.15) is 5.10 Å². The Kier molecular flexibility index (Phi) is 3.27. The molecule has 2 rings (SSSR count). The number of aromatic nitrogens is 2. The van der Waals surface area contributed by atoms with E-state index in [1.807, 2.05) is 31.2 Å². The van der Waals surface area contributed by atoms with E-state index in [-0.39, 0.29) is 5.41 Å². The molecular weight excluding hydrogens is 238 g/mol. The highest BCUT2D eigenvalue weighted by Crippen LogP contribution is 2.26. The standard InChI is InChI=1S/C15H21N3O/c1-10-6-11(8-12(7-10)19-5)18-14(16)9-13(17-18)15(2,3)4/h6-9H,16H2,1-5H3. The second-order valence-electron chi connectivity index (χ2n) is 5.82. The van der Waals surface area contributed by atoms with Crippen molar-refractivity contribution in [2.45, 2.75) is 33.1 Å². The van der Waals surface area contributed by atoms with Crippen molar-refractivity contribution in [3.8, 4) is 11.4 Å². The van der Waals surface area contributed by atoms with Gasteiger partial charge in [0.05, 0.1) is 18.5 Å². The monoisotopic (exact) mass is 259 g/mol. The van der Waals surface area contributed by atoms with Crippen LogP contribution in [-0.2, 0) is 5.41 Å². The summed E-state index contributed by atoms with van der Waals surface area (Å²) in [4.78, 5) is 0. The Morgan fingerprint density at radius 3 is 2.37 bits per heavy atom. The van der Waals surface area contributed by atoms with Gasteiger partial charge >= 0.3 is 0 Å². The Labute approximate surface area is 114 Å². The Hall–Kier alpha value is -1.97. The van der Waals surface area contributed by atoms with Crippen molar-refractivity contribution in [3.63, 3.8) is 0 Å². The second-order valence-corrected chi connectivity index (χ2v) is 5.82. The van der Waals surface area contributed by atoms with Gasteiger partial charge in [0.15, 0.2) is 0 Å². The highest BCUT2D eigenvalue weighted by molar-refractivity contribution is 5.48. The van der Waals surface area contributed by atoms with E-state index in [0.29, 0.717) is 5.82 Å². The van der Waals surface area contributed by atoms with Crippen molar-refractivity contribution in [2.24, 2.45) is 0 Å². The molecule has 0 aliphatic heterocycles. The number of hydrogen-bond acceptors (Lipinski definition) is 3. The van der Waals surface area contributed by atoms with E-state index in [1.165, 1.54) is 0 Å². The van der Waals surface area contributed by atoms with Crippen LogP contribution in [0.4, 0.5) is 5.82 Å². The number of rotatable bonds is 2. The van der Waals surface area contributed by atoms with Gasteiger partial charge in [0.1, 0.15) is 11.6 Å². The molecule has 0 bridgehead atoms. The summed E-state index contributed by atoms with van der Waals surface area (Å²) in [5.74, 6) is 1.44. The molecule has 2 aromatic rings. The van der Waals surface area contributed by atoms with Crippen molar-refractivity contribution < 1.29 is 4.74 Å². The number of aryl methyl sites for hydroxylation is 1. The van der Waals surface area contributed by atoms with Gasteiger partial charge in [0, 0.05) is 17.5 Å². The van der Waals surface area contributed by atoms with Crippen molar-refractivity contribution in [3.05, 3.63) is 35.5 Å². The molecule has 0 unspecified atom stereocenters. The normalized spacial score (nSPS) is 11.6. The van der Waals surface area contributed by atoms with Gasteiger partial charge in [0.2, 0.25) is 0 Å². The number of anilines is 1. The summed E-state index contributed by atoms with van der Waals surface area (Å²) in [7, 11) is 1.66. The molecule has 4 heteroatoms. The lowest BCUT2D eigenvalue weighted by Gasteiger charge is -2.14. The first kappa shape index (κ1) is 13.5. The number of nitrogen functional groups attached to an aromatic ring is 1. The van der Waals surface area contributed by atoms with E-state index in [2.05, 4.69) is 25.9 Å². The topological polar surface area (TPSA) is 53.1 Å². The first-order valence-electron chi connectivity index (χ1n) is 6.33. The summed E-state index contributed by atoms with van der Waals surface area (Å²) < 4.78 is 7.05. The van der Waals surface area contributed by atoms with Crippen LogP contribution < -0.4 is 10.5 Å². The predicted octanol–water partition coefficient (Wildman–Crippen LogP) is 3.07. The number of nitrogens with zero attached hydrogens (tertiary/aromatic N) is 2. The molecule has 0 atom stereocenters. The summed E-state index contributed by atoms with van der Waals surface area (Å²) in [6.45, 7) is 8.39. The summed E-state index contributed by atoms with van der Waals surface area (Å²) in [6.07, 6.45) is 0. The van der Waals surface area contributed by atoms with Gasteiger partial charge in [-0.05, 0) is 24.6 Å². The number of benzene rings is 1. The largest absolute Gasteiger partial charge is 0.497 e. The average Bonchev–Trinajstić information content (AvgIpc) is 2.70. The van der Waals surface area contributed by atoms with Crippen LogP contribution in [0.1, 0.15) is 32.0 Å². The number of nitrogens with two attached hydrogens (primary N) is 1. The van der Waals surface area contributed by atoms with Crippen LogP contribution in [0.5, 0.6) is 5.75 Å². The fourth-order valence-corrected chi connectivity index (χ4v) is 1.94. The van der Waals surface area contributed by atoms with E-state index in [4.69, 9.17) is 10.5 Å². The van der Waals surface area contributed by atoms with Crippen LogP contribution in [0.15, 0.2) is 24.3 Å². The first-order valence-corrected chi connectivity index (χ1v) is 6.33. The molecule has 1 aromatic heterocycles. The fourth-order valence-electron chi connectivity index (χ4n) is 1.94.